The van der Waals surface area contributed by atoms with Gasteiger partial charge in [0.15, 0.2) is 0 Å². The Morgan fingerprint density at radius 1 is 1.00 bits per heavy atom. The Labute approximate surface area is 122 Å². The van der Waals surface area contributed by atoms with Gasteiger partial charge >= 0.3 is 0 Å². The number of hydrogen-bond donors (Lipinski definition) is 1. The number of aryl methyl sites for hydroxylation is 1. The Kier molecular flexibility index (Phi) is 3.09. The van der Waals surface area contributed by atoms with E-state index in [0.717, 1.165) is 23.4 Å². The Morgan fingerprint density at radius 3 is 2.00 bits per heavy atom. The first kappa shape index (κ1) is 13.3. The number of nitrogen functional groups attached to an aromatic ring is 1. The third-order valence-electron chi connectivity index (χ3n) is 5.93. The lowest BCUT2D eigenvalue weighted by atomic mass is 9.48. The van der Waals surface area contributed by atoms with E-state index in [1.807, 2.05) is 0 Å². The fraction of sp³-hybridized carbons (Fsp3) is 0.647. The van der Waals surface area contributed by atoms with Gasteiger partial charge in [-0.25, -0.2) is 0 Å². The molecule has 0 radical (unpaired) electrons. The van der Waals surface area contributed by atoms with E-state index in [-0.39, 0.29) is 12.4 Å². The average Bonchev–Trinajstić information content (AvgIpc) is 2.31. The summed E-state index contributed by atoms with van der Waals surface area (Å²) in [6, 6.07) is 6.87. The molecule has 4 bridgehead atoms. The van der Waals surface area contributed by atoms with Crippen LogP contribution in [0.25, 0.3) is 0 Å². The predicted octanol–water partition coefficient (Wildman–Crippen LogP) is 4.47. The van der Waals surface area contributed by atoms with Gasteiger partial charge in [-0.2, -0.15) is 0 Å². The topological polar surface area (TPSA) is 26.0 Å². The highest BCUT2D eigenvalue weighted by molar-refractivity contribution is 5.85. The van der Waals surface area contributed by atoms with Gasteiger partial charge in [0.2, 0.25) is 0 Å². The van der Waals surface area contributed by atoms with Crippen LogP contribution in [0, 0.1) is 24.7 Å². The lowest BCUT2D eigenvalue weighted by Crippen LogP contribution is -2.48. The number of hydrogen-bond acceptors (Lipinski definition) is 1. The zero-order valence-corrected chi connectivity index (χ0v) is 12.5. The van der Waals surface area contributed by atoms with Crippen LogP contribution in [-0.2, 0) is 5.41 Å². The fourth-order valence-electron chi connectivity index (χ4n) is 5.43. The maximum absolute atomic E-state index is 6.14. The summed E-state index contributed by atoms with van der Waals surface area (Å²) in [5, 5.41) is 0. The van der Waals surface area contributed by atoms with Gasteiger partial charge in [0.05, 0.1) is 0 Å². The molecule has 5 rings (SSSR count). The molecule has 19 heavy (non-hydrogen) atoms. The minimum absolute atomic E-state index is 0. The second-order valence-electron chi connectivity index (χ2n) is 7.27. The molecule has 0 saturated heterocycles. The molecule has 0 spiro atoms. The van der Waals surface area contributed by atoms with Crippen molar-refractivity contribution >= 4 is 18.1 Å². The second-order valence-corrected chi connectivity index (χ2v) is 7.27. The summed E-state index contributed by atoms with van der Waals surface area (Å²) >= 11 is 0. The normalized spacial score (nSPS) is 39.1. The summed E-state index contributed by atoms with van der Waals surface area (Å²) in [6.45, 7) is 2.11. The quantitative estimate of drug-likeness (QED) is 0.753. The molecule has 4 aliphatic carbocycles. The van der Waals surface area contributed by atoms with Crippen LogP contribution in [0.15, 0.2) is 18.2 Å². The molecule has 1 aromatic rings. The van der Waals surface area contributed by atoms with E-state index in [0.29, 0.717) is 5.41 Å². The molecule has 1 aromatic carbocycles. The summed E-state index contributed by atoms with van der Waals surface area (Å²) in [7, 11) is 0. The van der Waals surface area contributed by atoms with Crippen molar-refractivity contribution in [3.8, 4) is 0 Å². The van der Waals surface area contributed by atoms with Crippen LogP contribution in [-0.4, -0.2) is 0 Å². The van der Waals surface area contributed by atoms with E-state index in [4.69, 9.17) is 5.73 Å². The Balaban J connectivity index is 0.00000110. The van der Waals surface area contributed by atoms with Crippen molar-refractivity contribution in [1.29, 1.82) is 0 Å². The van der Waals surface area contributed by atoms with E-state index in [1.54, 1.807) is 5.56 Å². The molecule has 0 amide bonds. The van der Waals surface area contributed by atoms with Gasteiger partial charge in [-0.1, -0.05) is 12.1 Å². The smallest absolute Gasteiger partial charge is 0.0346 e. The monoisotopic (exact) mass is 277 g/mol. The zero-order valence-electron chi connectivity index (χ0n) is 11.7. The number of halogens is 1. The molecule has 2 N–H and O–H groups in total. The van der Waals surface area contributed by atoms with Crippen LogP contribution in [0.3, 0.4) is 0 Å². The van der Waals surface area contributed by atoms with Crippen molar-refractivity contribution in [2.24, 2.45) is 17.8 Å². The summed E-state index contributed by atoms with van der Waals surface area (Å²) in [5.41, 5.74) is 10.4. The average molecular weight is 278 g/mol. The first-order valence-corrected chi connectivity index (χ1v) is 7.51. The third kappa shape index (κ3) is 1.98. The van der Waals surface area contributed by atoms with Crippen LogP contribution in [0.1, 0.15) is 49.7 Å². The maximum atomic E-state index is 6.14. The zero-order chi connectivity index (χ0) is 12.3. The molecule has 0 aliphatic heterocycles. The molecule has 4 saturated carbocycles. The van der Waals surface area contributed by atoms with Crippen LogP contribution in [0.5, 0.6) is 0 Å². The van der Waals surface area contributed by atoms with E-state index >= 15 is 0 Å². The van der Waals surface area contributed by atoms with E-state index < -0.39 is 0 Å². The first-order valence-electron chi connectivity index (χ1n) is 7.51. The Hall–Kier alpha value is -0.690. The van der Waals surface area contributed by atoms with E-state index in [2.05, 4.69) is 25.1 Å². The SMILES string of the molecule is Cc1ccc(C23CC4CC(CC(C4)C2)C3)cc1N.Cl. The summed E-state index contributed by atoms with van der Waals surface area (Å²) in [4.78, 5) is 0. The summed E-state index contributed by atoms with van der Waals surface area (Å²) < 4.78 is 0. The van der Waals surface area contributed by atoms with E-state index in [9.17, 15) is 0 Å². The van der Waals surface area contributed by atoms with Gasteiger partial charge in [0.1, 0.15) is 0 Å². The van der Waals surface area contributed by atoms with Crippen LogP contribution < -0.4 is 5.73 Å². The highest BCUT2D eigenvalue weighted by atomic mass is 35.5. The Bertz CT molecular complexity index is 459. The van der Waals surface area contributed by atoms with Crippen molar-refractivity contribution in [2.75, 3.05) is 5.73 Å². The summed E-state index contributed by atoms with van der Waals surface area (Å²) in [6.07, 6.45) is 8.84. The molecular formula is C17H24ClN. The number of rotatable bonds is 1. The molecule has 0 heterocycles. The molecule has 0 atom stereocenters. The van der Waals surface area contributed by atoms with Crippen molar-refractivity contribution < 1.29 is 0 Å². The minimum Gasteiger partial charge on any atom is -0.399 e. The molecule has 104 valence electrons. The largest absolute Gasteiger partial charge is 0.399 e. The van der Waals surface area contributed by atoms with Gasteiger partial charge in [0, 0.05) is 5.69 Å². The molecule has 4 fully saturated rings. The maximum Gasteiger partial charge on any atom is 0.0346 e. The van der Waals surface area contributed by atoms with Crippen molar-refractivity contribution in [3.05, 3.63) is 29.3 Å². The lowest BCUT2D eigenvalue weighted by molar-refractivity contribution is -0.00516. The number of nitrogens with two attached hydrogens (primary N) is 1. The van der Waals surface area contributed by atoms with Crippen LogP contribution in [0.4, 0.5) is 5.69 Å². The van der Waals surface area contributed by atoms with Crippen molar-refractivity contribution in [1.82, 2.24) is 0 Å². The molecule has 4 aliphatic rings. The minimum atomic E-state index is 0. The molecule has 0 aromatic heterocycles. The lowest BCUT2D eigenvalue weighted by Gasteiger charge is -2.57. The van der Waals surface area contributed by atoms with Crippen molar-refractivity contribution in [3.63, 3.8) is 0 Å². The predicted molar refractivity (Wildman–Crippen MR) is 82.7 cm³/mol. The standard InChI is InChI=1S/C17H23N.ClH/c1-11-2-3-15(7-16(11)18)17-8-12-4-13(9-17)6-14(5-12)10-17;/h2-3,7,12-14H,4-6,8-10,18H2,1H3;1H. The van der Waals surface area contributed by atoms with Crippen molar-refractivity contribution in [2.45, 2.75) is 50.9 Å². The number of anilines is 1. The third-order valence-corrected chi connectivity index (χ3v) is 5.93. The van der Waals surface area contributed by atoms with Gasteiger partial charge in [0.25, 0.3) is 0 Å². The van der Waals surface area contributed by atoms with Gasteiger partial charge in [-0.05, 0) is 85.8 Å². The van der Waals surface area contributed by atoms with Crippen LogP contribution >= 0.6 is 12.4 Å². The highest BCUT2D eigenvalue weighted by Crippen LogP contribution is 2.60. The fourth-order valence-corrected chi connectivity index (χ4v) is 5.43. The molecule has 1 nitrogen and oxygen atoms in total. The highest BCUT2D eigenvalue weighted by Gasteiger charge is 2.51. The molecule has 2 heteroatoms. The van der Waals surface area contributed by atoms with Crippen LogP contribution in [0.2, 0.25) is 0 Å². The van der Waals surface area contributed by atoms with Gasteiger partial charge in [-0.15, -0.1) is 12.4 Å². The number of benzene rings is 1. The Morgan fingerprint density at radius 2 is 1.53 bits per heavy atom. The second kappa shape index (κ2) is 4.41. The van der Waals surface area contributed by atoms with Gasteiger partial charge in [-0.3, -0.25) is 0 Å². The molecule has 0 unspecified atom stereocenters. The van der Waals surface area contributed by atoms with E-state index in [1.165, 1.54) is 44.1 Å². The first-order chi connectivity index (χ1) is 8.64. The van der Waals surface area contributed by atoms with Gasteiger partial charge < -0.3 is 5.73 Å². The summed E-state index contributed by atoms with van der Waals surface area (Å²) in [5.74, 6) is 3.04. The molecular weight excluding hydrogens is 254 g/mol.